The van der Waals surface area contributed by atoms with Gasteiger partial charge in [-0.2, -0.15) is 0 Å². The summed E-state index contributed by atoms with van der Waals surface area (Å²) in [4.78, 5) is 14.9. The average Bonchev–Trinajstić information content (AvgIpc) is 2.63. The fourth-order valence-corrected chi connectivity index (χ4v) is 3.42. The Morgan fingerprint density at radius 3 is 2.69 bits per heavy atom. The molecule has 0 unspecified atom stereocenters. The first-order valence-corrected chi connectivity index (χ1v) is 6.79. The molecular formula is C8H12N2O4S2. The first kappa shape index (κ1) is 13.1. The van der Waals surface area contributed by atoms with Gasteiger partial charge in [-0.15, -0.1) is 11.3 Å². The number of rotatable bonds is 4. The van der Waals surface area contributed by atoms with Gasteiger partial charge in [0.15, 0.2) is 9.90 Å². The number of nitrogens with zero attached hydrogens (tertiary/aromatic N) is 1. The van der Waals surface area contributed by atoms with E-state index in [2.05, 4.69) is 14.4 Å². The molecule has 1 aromatic rings. The number of hydrogen-bond donors (Lipinski definition) is 1. The highest BCUT2D eigenvalue weighted by Gasteiger charge is 2.26. The van der Waals surface area contributed by atoms with Crippen molar-refractivity contribution in [2.24, 2.45) is 0 Å². The molecule has 0 saturated carbocycles. The quantitative estimate of drug-likeness (QED) is 0.806. The maximum absolute atomic E-state index is 11.8. The average molecular weight is 264 g/mol. The van der Waals surface area contributed by atoms with E-state index in [1.165, 1.54) is 12.6 Å². The van der Waals surface area contributed by atoms with Crippen molar-refractivity contribution in [3.05, 3.63) is 11.2 Å². The van der Waals surface area contributed by atoms with Crippen molar-refractivity contribution in [1.82, 2.24) is 9.71 Å². The summed E-state index contributed by atoms with van der Waals surface area (Å²) in [6, 6.07) is -0.252. The van der Waals surface area contributed by atoms with E-state index in [0.717, 1.165) is 11.3 Å². The summed E-state index contributed by atoms with van der Waals surface area (Å²) in [5.74, 6) is -0.759. The van der Waals surface area contributed by atoms with Crippen molar-refractivity contribution in [2.45, 2.75) is 24.1 Å². The first-order chi connectivity index (χ1) is 7.38. The largest absolute Gasteiger partial charge is 0.464 e. The highest BCUT2D eigenvalue weighted by molar-refractivity contribution is 7.91. The van der Waals surface area contributed by atoms with Gasteiger partial charge >= 0.3 is 5.97 Å². The summed E-state index contributed by atoms with van der Waals surface area (Å²) in [6.07, 6.45) is 0. The van der Waals surface area contributed by atoms with Crippen LogP contribution in [0.1, 0.15) is 24.3 Å². The highest BCUT2D eigenvalue weighted by Crippen LogP contribution is 2.20. The monoisotopic (exact) mass is 264 g/mol. The van der Waals surface area contributed by atoms with Crippen LogP contribution in [0.2, 0.25) is 0 Å². The maximum atomic E-state index is 11.8. The Morgan fingerprint density at radius 2 is 2.19 bits per heavy atom. The van der Waals surface area contributed by atoms with E-state index < -0.39 is 16.0 Å². The summed E-state index contributed by atoms with van der Waals surface area (Å²) in [5, 5.41) is 0. The fraction of sp³-hybridized carbons (Fsp3) is 0.500. The molecule has 0 aliphatic carbocycles. The molecule has 0 aliphatic heterocycles. The number of aromatic nitrogens is 1. The summed E-state index contributed by atoms with van der Waals surface area (Å²) in [5.41, 5.74) is 1.11. The van der Waals surface area contributed by atoms with Crippen molar-refractivity contribution in [3.63, 3.8) is 0 Å². The predicted molar refractivity (Wildman–Crippen MR) is 58.9 cm³/mol. The van der Waals surface area contributed by atoms with Gasteiger partial charge in [-0.1, -0.05) is 0 Å². The number of carbonyl (C=O) groups excluding carboxylic acids is 1. The third-order valence-corrected chi connectivity index (χ3v) is 4.58. The molecule has 1 rings (SSSR count). The molecule has 16 heavy (non-hydrogen) atoms. The van der Waals surface area contributed by atoms with Crippen LogP contribution in [0.5, 0.6) is 0 Å². The van der Waals surface area contributed by atoms with E-state index in [-0.39, 0.29) is 15.9 Å². The maximum Gasteiger partial charge on any atom is 0.358 e. The lowest BCUT2D eigenvalue weighted by molar-refractivity contribution is 0.0590. The molecule has 0 amide bonds. The van der Waals surface area contributed by atoms with E-state index in [4.69, 9.17) is 0 Å². The van der Waals surface area contributed by atoms with Crippen LogP contribution < -0.4 is 4.72 Å². The molecule has 0 saturated heterocycles. The van der Waals surface area contributed by atoms with Crippen molar-refractivity contribution in [2.75, 3.05) is 7.11 Å². The van der Waals surface area contributed by atoms with Gasteiger partial charge in [0.1, 0.15) is 0 Å². The lowest BCUT2D eigenvalue weighted by atomic mass is 10.4. The SMILES string of the molecule is COC(=O)c1ncsc1S(=O)(=O)NC(C)C. The second-order valence-electron chi connectivity index (χ2n) is 3.26. The third-order valence-electron chi connectivity index (χ3n) is 1.55. The molecule has 0 aromatic carbocycles. The van der Waals surface area contributed by atoms with Crippen molar-refractivity contribution < 1.29 is 17.9 Å². The van der Waals surface area contributed by atoms with Gasteiger partial charge in [0.25, 0.3) is 10.0 Å². The Bertz CT molecular complexity index is 478. The number of carbonyl (C=O) groups is 1. The molecule has 0 aliphatic rings. The molecule has 8 heteroatoms. The Balaban J connectivity index is 3.14. The summed E-state index contributed by atoms with van der Waals surface area (Å²) < 4.78 is 30.3. The normalized spacial score (nSPS) is 11.8. The standard InChI is InChI=1S/C8H12N2O4S2/c1-5(2)10-16(12,13)8-6(7(11)14-3)9-4-15-8/h4-5,10H,1-3H3. The second kappa shape index (κ2) is 4.89. The smallest absolute Gasteiger partial charge is 0.358 e. The number of methoxy groups -OCH3 is 1. The van der Waals surface area contributed by atoms with Crippen molar-refractivity contribution >= 4 is 27.3 Å². The van der Waals surface area contributed by atoms with Gasteiger partial charge in [0.2, 0.25) is 0 Å². The van der Waals surface area contributed by atoms with Crippen molar-refractivity contribution in [1.29, 1.82) is 0 Å². The van der Waals surface area contributed by atoms with E-state index in [1.807, 2.05) is 0 Å². The van der Waals surface area contributed by atoms with Crippen LogP contribution in [-0.4, -0.2) is 32.5 Å². The Hall–Kier alpha value is -0.990. The molecule has 1 N–H and O–H groups in total. The fourth-order valence-electron chi connectivity index (χ4n) is 1.02. The molecule has 6 nitrogen and oxygen atoms in total. The van der Waals surface area contributed by atoms with Gasteiger partial charge in [0, 0.05) is 6.04 Å². The topological polar surface area (TPSA) is 85.4 Å². The molecular weight excluding hydrogens is 252 g/mol. The van der Waals surface area contributed by atoms with Crippen LogP contribution in [0.15, 0.2) is 9.72 Å². The highest BCUT2D eigenvalue weighted by atomic mass is 32.2. The van der Waals surface area contributed by atoms with E-state index in [9.17, 15) is 13.2 Å². The molecule has 0 bridgehead atoms. The van der Waals surface area contributed by atoms with Crippen LogP contribution in [0.3, 0.4) is 0 Å². The first-order valence-electron chi connectivity index (χ1n) is 4.42. The summed E-state index contributed by atoms with van der Waals surface area (Å²) >= 11 is 0.880. The molecule has 1 heterocycles. The lowest BCUT2D eigenvalue weighted by Gasteiger charge is -2.08. The lowest BCUT2D eigenvalue weighted by Crippen LogP contribution is -2.30. The zero-order chi connectivity index (χ0) is 12.3. The molecule has 1 aromatic heterocycles. The number of sulfonamides is 1. The number of ether oxygens (including phenoxy) is 1. The molecule has 90 valence electrons. The van der Waals surface area contributed by atoms with Crippen LogP contribution in [0, 0.1) is 0 Å². The Labute approximate surface area is 97.7 Å². The van der Waals surface area contributed by atoms with Crippen LogP contribution >= 0.6 is 11.3 Å². The number of esters is 1. The second-order valence-corrected chi connectivity index (χ2v) is 6.02. The Morgan fingerprint density at radius 1 is 1.56 bits per heavy atom. The van der Waals surface area contributed by atoms with Gasteiger partial charge in [0.05, 0.1) is 12.6 Å². The summed E-state index contributed by atoms with van der Waals surface area (Å²) in [7, 11) is -2.52. The molecule has 0 spiro atoms. The van der Waals surface area contributed by atoms with Crippen LogP contribution in [-0.2, 0) is 14.8 Å². The number of hydrogen-bond acceptors (Lipinski definition) is 6. The third kappa shape index (κ3) is 2.77. The van der Waals surface area contributed by atoms with E-state index in [1.54, 1.807) is 13.8 Å². The van der Waals surface area contributed by atoms with Crippen LogP contribution in [0.25, 0.3) is 0 Å². The number of thiazole rings is 1. The van der Waals surface area contributed by atoms with Gasteiger partial charge in [-0.25, -0.2) is 22.9 Å². The number of nitrogens with one attached hydrogen (secondary N) is 1. The van der Waals surface area contributed by atoms with E-state index in [0.29, 0.717) is 0 Å². The van der Waals surface area contributed by atoms with E-state index >= 15 is 0 Å². The molecule has 0 atom stereocenters. The Kier molecular flexibility index (Phi) is 4.00. The molecule has 0 fully saturated rings. The van der Waals surface area contributed by atoms with Gasteiger partial charge < -0.3 is 4.74 Å². The zero-order valence-corrected chi connectivity index (χ0v) is 10.7. The van der Waals surface area contributed by atoms with Gasteiger partial charge in [-0.3, -0.25) is 0 Å². The summed E-state index contributed by atoms with van der Waals surface area (Å²) in [6.45, 7) is 3.38. The minimum absolute atomic E-state index is 0.118. The minimum atomic E-state index is -3.70. The predicted octanol–water partition coefficient (Wildman–Crippen LogP) is 0.616. The minimum Gasteiger partial charge on any atom is -0.464 e. The van der Waals surface area contributed by atoms with Crippen LogP contribution in [0.4, 0.5) is 0 Å². The van der Waals surface area contributed by atoms with Gasteiger partial charge in [-0.05, 0) is 13.8 Å². The zero-order valence-electron chi connectivity index (χ0n) is 9.05. The molecule has 0 radical (unpaired) electrons. The van der Waals surface area contributed by atoms with Crippen molar-refractivity contribution in [3.8, 4) is 0 Å².